The summed E-state index contributed by atoms with van der Waals surface area (Å²) >= 11 is 0. The van der Waals surface area contributed by atoms with E-state index in [1.807, 2.05) is 0 Å². The summed E-state index contributed by atoms with van der Waals surface area (Å²) in [6, 6.07) is 3.17. The van der Waals surface area contributed by atoms with Gasteiger partial charge in [0.15, 0.2) is 0 Å². The summed E-state index contributed by atoms with van der Waals surface area (Å²) in [5, 5.41) is 3.65. The molecule has 0 aromatic rings. The summed E-state index contributed by atoms with van der Waals surface area (Å²) in [7, 11) is 4.37. The van der Waals surface area contributed by atoms with Gasteiger partial charge in [0.05, 0.1) is 0 Å². The molecule has 17 heavy (non-hydrogen) atoms. The highest BCUT2D eigenvalue weighted by Gasteiger charge is 2.42. The third-order valence-electron chi connectivity index (χ3n) is 4.42. The smallest absolute Gasteiger partial charge is 0.0200 e. The highest BCUT2D eigenvalue weighted by molar-refractivity contribution is 4.99. The van der Waals surface area contributed by atoms with Crippen LogP contribution in [0.3, 0.4) is 0 Å². The van der Waals surface area contributed by atoms with Gasteiger partial charge >= 0.3 is 0 Å². The largest absolute Gasteiger partial charge is 0.314 e. The summed E-state index contributed by atoms with van der Waals surface area (Å²) in [6.45, 7) is 6.94. The molecular weight excluding hydrogens is 210 g/mol. The fourth-order valence-electron chi connectivity index (χ4n) is 4.01. The van der Waals surface area contributed by atoms with Crippen molar-refractivity contribution in [3.63, 3.8) is 0 Å². The molecule has 0 amide bonds. The third-order valence-corrected chi connectivity index (χ3v) is 4.42. The third kappa shape index (κ3) is 3.01. The van der Waals surface area contributed by atoms with Crippen molar-refractivity contribution in [2.45, 2.75) is 63.7 Å². The first kappa shape index (κ1) is 13.3. The van der Waals surface area contributed by atoms with E-state index in [4.69, 9.17) is 0 Å². The highest BCUT2D eigenvalue weighted by Crippen LogP contribution is 2.37. The molecule has 2 aliphatic rings. The van der Waals surface area contributed by atoms with Crippen molar-refractivity contribution >= 4 is 0 Å². The second-order valence-corrected chi connectivity index (χ2v) is 6.17. The topological polar surface area (TPSA) is 18.5 Å². The Morgan fingerprint density at radius 2 is 1.82 bits per heavy atom. The number of rotatable bonds is 5. The van der Waals surface area contributed by atoms with Crippen LogP contribution in [0.2, 0.25) is 0 Å². The first-order valence-electron chi connectivity index (χ1n) is 7.27. The van der Waals surface area contributed by atoms with Crippen molar-refractivity contribution in [3.8, 4) is 0 Å². The van der Waals surface area contributed by atoms with E-state index in [1.54, 1.807) is 0 Å². The van der Waals surface area contributed by atoms with Crippen LogP contribution in [-0.4, -0.2) is 61.2 Å². The molecule has 1 N–H and O–H groups in total. The minimum atomic E-state index is 0.713. The zero-order valence-corrected chi connectivity index (χ0v) is 11.9. The van der Waals surface area contributed by atoms with Gasteiger partial charge in [-0.3, -0.25) is 4.90 Å². The van der Waals surface area contributed by atoms with E-state index in [0.717, 1.165) is 24.7 Å². The number of piperidine rings is 1. The zero-order valence-electron chi connectivity index (χ0n) is 11.9. The Morgan fingerprint density at radius 1 is 1.24 bits per heavy atom. The van der Waals surface area contributed by atoms with Crippen molar-refractivity contribution in [1.82, 2.24) is 15.1 Å². The maximum absolute atomic E-state index is 3.65. The predicted molar refractivity (Wildman–Crippen MR) is 73.4 cm³/mol. The lowest BCUT2D eigenvalue weighted by Crippen LogP contribution is -2.54. The van der Waals surface area contributed by atoms with Crippen molar-refractivity contribution < 1.29 is 0 Å². The molecule has 0 spiro atoms. The number of nitrogens with one attached hydrogen (secondary N) is 1. The quantitative estimate of drug-likeness (QED) is 0.785. The second kappa shape index (κ2) is 5.68. The van der Waals surface area contributed by atoms with E-state index in [0.29, 0.717) is 6.04 Å². The Labute approximate surface area is 107 Å². The van der Waals surface area contributed by atoms with E-state index in [-0.39, 0.29) is 0 Å². The normalized spacial score (nSPS) is 35.5. The Bertz CT molecular complexity index is 228. The van der Waals surface area contributed by atoms with E-state index in [2.05, 4.69) is 43.1 Å². The summed E-state index contributed by atoms with van der Waals surface area (Å²) in [4.78, 5) is 5.13. The Morgan fingerprint density at radius 3 is 2.29 bits per heavy atom. The average Bonchev–Trinajstić information content (AvgIpc) is 2.50. The van der Waals surface area contributed by atoms with E-state index in [9.17, 15) is 0 Å². The first-order valence-corrected chi connectivity index (χ1v) is 7.27. The van der Waals surface area contributed by atoms with Crippen molar-refractivity contribution in [2.75, 3.05) is 27.2 Å². The molecule has 3 atom stereocenters. The van der Waals surface area contributed by atoms with Crippen LogP contribution in [0.4, 0.5) is 0 Å². The molecule has 3 nitrogen and oxygen atoms in total. The van der Waals surface area contributed by atoms with Crippen LogP contribution in [0.5, 0.6) is 0 Å². The molecule has 2 aliphatic heterocycles. The van der Waals surface area contributed by atoms with Crippen LogP contribution >= 0.6 is 0 Å². The monoisotopic (exact) mass is 239 g/mol. The van der Waals surface area contributed by atoms with Gasteiger partial charge < -0.3 is 10.2 Å². The van der Waals surface area contributed by atoms with Gasteiger partial charge in [-0.1, -0.05) is 6.92 Å². The second-order valence-electron chi connectivity index (χ2n) is 6.17. The minimum absolute atomic E-state index is 0.713. The van der Waals surface area contributed by atoms with E-state index >= 15 is 0 Å². The van der Waals surface area contributed by atoms with Crippen molar-refractivity contribution in [2.24, 2.45) is 0 Å². The number of hydrogen-bond donors (Lipinski definition) is 1. The lowest BCUT2D eigenvalue weighted by atomic mass is 9.95. The van der Waals surface area contributed by atoms with Gasteiger partial charge in [0, 0.05) is 30.7 Å². The summed E-state index contributed by atoms with van der Waals surface area (Å²) < 4.78 is 0. The van der Waals surface area contributed by atoms with Gasteiger partial charge in [0.25, 0.3) is 0 Å². The molecule has 0 radical (unpaired) electrons. The highest BCUT2D eigenvalue weighted by atomic mass is 15.3. The van der Waals surface area contributed by atoms with Crippen LogP contribution < -0.4 is 5.32 Å². The standard InChI is InChI=1S/C14H29N3/c1-5-15-12-8-13-6-7-14(9-12)17(13)11(2)10-16(3)4/h11-15H,5-10H2,1-4H3. The van der Waals surface area contributed by atoms with Crippen LogP contribution in [-0.2, 0) is 0 Å². The van der Waals surface area contributed by atoms with Gasteiger partial charge in [0.1, 0.15) is 0 Å². The maximum Gasteiger partial charge on any atom is 0.0200 e. The van der Waals surface area contributed by atoms with Gasteiger partial charge in [-0.05, 0) is 53.2 Å². The molecule has 0 aromatic heterocycles. The van der Waals surface area contributed by atoms with Gasteiger partial charge in [-0.25, -0.2) is 0 Å². The molecule has 2 saturated heterocycles. The zero-order chi connectivity index (χ0) is 12.4. The molecule has 2 fully saturated rings. The number of hydrogen-bond acceptors (Lipinski definition) is 3. The number of likely N-dealkylation sites (N-methyl/N-ethyl adjacent to an activating group) is 1. The van der Waals surface area contributed by atoms with Gasteiger partial charge in [0.2, 0.25) is 0 Å². The van der Waals surface area contributed by atoms with E-state index in [1.165, 1.54) is 32.2 Å². The Hall–Kier alpha value is -0.120. The SMILES string of the molecule is CCNC1CC2CCC(C1)N2C(C)CN(C)C. The molecule has 100 valence electrons. The molecule has 3 heteroatoms. The summed E-state index contributed by atoms with van der Waals surface area (Å²) in [5.41, 5.74) is 0. The van der Waals surface area contributed by atoms with Crippen molar-refractivity contribution in [1.29, 1.82) is 0 Å². The van der Waals surface area contributed by atoms with Crippen LogP contribution in [0, 0.1) is 0 Å². The fraction of sp³-hybridized carbons (Fsp3) is 1.00. The van der Waals surface area contributed by atoms with Gasteiger partial charge in [-0.2, -0.15) is 0 Å². The van der Waals surface area contributed by atoms with Crippen LogP contribution in [0.25, 0.3) is 0 Å². The van der Waals surface area contributed by atoms with Crippen LogP contribution in [0.1, 0.15) is 39.5 Å². The lowest BCUT2D eigenvalue weighted by Gasteiger charge is -2.43. The fourth-order valence-corrected chi connectivity index (χ4v) is 4.01. The molecule has 3 unspecified atom stereocenters. The predicted octanol–water partition coefficient (Wildman–Crippen LogP) is 1.54. The first-order chi connectivity index (χ1) is 8.11. The number of nitrogens with zero attached hydrogens (tertiary/aromatic N) is 2. The molecule has 2 heterocycles. The number of fused-ring (bicyclic) bond motifs is 2. The maximum atomic E-state index is 3.65. The molecule has 2 rings (SSSR count). The molecule has 2 bridgehead atoms. The Kier molecular flexibility index (Phi) is 4.45. The average molecular weight is 239 g/mol. The van der Waals surface area contributed by atoms with Gasteiger partial charge in [-0.15, -0.1) is 0 Å². The minimum Gasteiger partial charge on any atom is -0.314 e. The molecule has 0 saturated carbocycles. The summed E-state index contributed by atoms with van der Waals surface area (Å²) in [6.07, 6.45) is 5.57. The summed E-state index contributed by atoms with van der Waals surface area (Å²) in [5.74, 6) is 0. The molecule has 0 aromatic carbocycles. The van der Waals surface area contributed by atoms with Crippen LogP contribution in [0.15, 0.2) is 0 Å². The van der Waals surface area contributed by atoms with Crippen molar-refractivity contribution in [3.05, 3.63) is 0 Å². The molecule has 0 aliphatic carbocycles. The Balaban J connectivity index is 1.93. The molecular formula is C14H29N3. The van der Waals surface area contributed by atoms with E-state index < -0.39 is 0 Å². The lowest BCUT2D eigenvalue weighted by molar-refractivity contribution is 0.0653.